The van der Waals surface area contributed by atoms with Gasteiger partial charge in [-0.25, -0.2) is 8.42 Å². The maximum atomic E-state index is 12.1. The Kier molecular flexibility index (Phi) is 8.05. The largest absolute Gasteiger partial charge is 0.313 e. The highest BCUT2D eigenvalue weighted by molar-refractivity contribution is 7.91. The van der Waals surface area contributed by atoms with Crippen molar-refractivity contribution in [3.05, 3.63) is 0 Å². The summed E-state index contributed by atoms with van der Waals surface area (Å²) in [7, 11) is -2.93. The van der Waals surface area contributed by atoms with Gasteiger partial charge in [0, 0.05) is 6.04 Å². The molecule has 0 aromatic carbocycles. The molecule has 0 saturated heterocycles. The zero-order valence-electron chi connectivity index (χ0n) is 12.0. The van der Waals surface area contributed by atoms with E-state index in [1.165, 1.54) is 0 Å². The van der Waals surface area contributed by atoms with Crippen LogP contribution in [0.1, 0.15) is 47.5 Å². The fourth-order valence-corrected chi connectivity index (χ4v) is 4.10. The Morgan fingerprint density at radius 3 is 2.00 bits per heavy atom. The molecule has 4 heteroatoms. The van der Waals surface area contributed by atoms with E-state index in [1.807, 2.05) is 20.8 Å². The summed E-state index contributed by atoms with van der Waals surface area (Å²) >= 11 is 0. The van der Waals surface area contributed by atoms with Gasteiger partial charge in [0.25, 0.3) is 0 Å². The molecule has 0 heterocycles. The van der Waals surface area contributed by atoms with Crippen molar-refractivity contribution in [1.29, 1.82) is 0 Å². The highest BCUT2D eigenvalue weighted by atomic mass is 32.2. The van der Waals surface area contributed by atoms with Crippen LogP contribution in [0.2, 0.25) is 0 Å². The summed E-state index contributed by atoms with van der Waals surface area (Å²) in [5.41, 5.74) is 0. The standard InChI is InChI=1S/C13H29NO2S/c1-6-11(4)9-17(15,16)10-13(14-8-3)12(5)7-2/h11-14H,6-10H2,1-5H3. The molecule has 3 nitrogen and oxygen atoms in total. The minimum absolute atomic E-state index is 0.0963. The Balaban J connectivity index is 4.52. The van der Waals surface area contributed by atoms with Crippen molar-refractivity contribution in [3.63, 3.8) is 0 Å². The van der Waals surface area contributed by atoms with E-state index in [2.05, 4.69) is 19.2 Å². The number of rotatable bonds is 9. The van der Waals surface area contributed by atoms with Crippen molar-refractivity contribution < 1.29 is 8.42 Å². The molecular weight excluding hydrogens is 234 g/mol. The van der Waals surface area contributed by atoms with Gasteiger partial charge in [0.2, 0.25) is 0 Å². The van der Waals surface area contributed by atoms with Crippen LogP contribution in [0.5, 0.6) is 0 Å². The number of nitrogens with one attached hydrogen (secondary N) is 1. The summed E-state index contributed by atoms with van der Waals surface area (Å²) in [5, 5.41) is 3.30. The van der Waals surface area contributed by atoms with Crippen LogP contribution in [0, 0.1) is 11.8 Å². The molecule has 0 saturated carbocycles. The Bertz CT molecular complexity index is 288. The second-order valence-electron chi connectivity index (χ2n) is 5.14. The quantitative estimate of drug-likeness (QED) is 0.695. The first kappa shape index (κ1) is 16.9. The van der Waals surface area contributed by atoms with Gasteiger partial charge in [-0.3, -0.25) is 0 Å². The van der Waals surface area contributed by atoms with Crippen LogP contribution in [-0.4, -0.2) is 32.5 Å². The van der Waals surface area contributed by atoms with Gasteiger partial charge in [-0.15, -0.1) is 0 Å². The van der Waals surface area contributed by atoms with Crippen LogP contribution >= 0.6 is 0 Å². The predicted molar refractivity (Wildman–Crippen MR) is 75.0 cm³/mol. The molecule has 0 spiro atoms. The maximum Gasteiger partial charge on any atom is 0.152 e. The molecule has 0 rings (SSSR count). The van der Waals surface area contributed by atoms with Gasteiger partial charge in [0.1, 0.15) is 0 Å². The second kappa shape index (κ2) is 8.09. The smallest absolute Gasteiger partial charge is 0.152 e. The monoisotopic (exact) mass is 263 g/mol. The maximum absolute atomic E-state index is 12.1. The van der Waals surface area contributed by atoms with Gasteiger partial charge in [0.05, 0.1) is 11.5 Å². The summed E-state index contributed by atoms with van der Waals surface area (Å²) < 4.78 is 24.1. The van der Waals surface area contributed by atoms with E-state index in [-0.39, 0.29) is 17.7 Å². The molecule has 0 bridgehead atoms. The normalized spacial score (nSPS) is 17.7. The molecule has 104 valence electrons. The molecule has 17 heavy (non-hydrogen) atoms. The van der Waals surface area contributed by atoms with Gasteiger partial charge >= 0.3 is 0 Å². The zero-order chi connectivity index (χ0) is 13.5. The van der Waals surface area contributed by atoms with Crippen molar-refractivity contribution in [2.24, 2.45) is 11.8 Å². The highest BCUT2D eigenvalue weighted by Gasteiger charge is 2.23. The van der Waals surface area contributed by atoms with Crippen LogP contribution in [0.3, 0.4) is 0 Å². The average molecular weight is 263 g/mol. The lowest BCUT2D eigenvalue weighted by Crippen LogP contribution is -2.41. The van der Waals surface area contributed by atoms with Gasteiger partial charge < -0.3 is 5.32 Å². The molecular formula is C13H29NO2S. The molecule has 0 aliphatic carbocycles. The Hall–Kier alpha value is -0.0900. The van der Waals surface area contributed by atoms with E-state index >= 15 is 0 Å². The first-order valence-electron chi connectivity index (χ1n) is 6.80. The molecule has 0 aliphatic rings. The van der Waals surface area contributed by atoms with Crippen LogP contribution in [-0.2, 0) is 9.84 Å². The first-order valence-corrected chi connectivity index (χ1v) is 8.62. The third kappa shape index (κ3) is 7.04. The minimum Gasteiger partial charge on any atom is -0.313 e. The Labute approximate surface area is 107 Å². The molecule has 0 amide bonds. The fraction of sp³-hybridized carbons (Fsp3) is 1.00. The summed E-state index contributed by atoms with van der Waals surface area (Å²) in [4.78, 5) is 0. The minimum atomic E-state index is -2.93. The van der Waals surface area contributed by atoms with Gasteiger partial charge in [-0.2, -0.15) is 0 Å². The van der Waals surface area contributed by atoms with Crippen LogP contribution < -0.4 is 5.32 Å². The lowest BCUT2D eigenvalue weighted by Gasteiger charge is -2.24. The summed E-state index contributed by atoms with van der Waals surface area (Å²) in [6.07, 6.45) is 1.94. The molecule has 0 aromatic heterocycles. The topological polar surface area (TPSA) is 46.2 Å². The molecule has 0 radical (unpaired) electrons. The van der Waals surface area contributed by atoms with Crippen molar-refractivity contribution in [3.8, 4) is 0 Å². The van der Waals surface area contributed by atoms with Crippen LogP contribution in [0.25, 0.3) is 0 Å². The van der Waals surface area contributed by atoms with E-state index in [0.29, 0.717) is 11.7 Å². The molecule has 0 aliphatic heterocycles. The molecule has 1 N–H and O–H groups in total. The highest BCUT2D eigenvalue weighted by Crippen LogP contribution is 2.13. The number of hydrogen-bond acceptors (Lipinski definition) is 3. The van der Waals surface area contributed by atoms with Gasteiger partial charge in [0.15, 0.2) is 9.84 Å². The van der Waals surface area contributed by atoms with Gasteiger partial charge in [-0.1, -0.05) is 47.5 Å². The van der Waals surface area contributed by atoms with E-state index in [4.69, 9.17) is 0 Å². The molecule has 0 aromatic rings. The van der Waals surface area contributed by atoms with E-state index in [0.717, 1.165) is 19.4 Å². The third-order valence-electron chi connectivity index (χ3n) is 3.47. The first-order chi connectivity index (χ1) is 7.86. The van der Waals surface area contributed by atoms with Gasteiger partial charge in [-0.05, 0) is 18.4 Å². The second-order valence-corrected chi connectivity index (χ2v) is 7.29. The summed E-state index contributed by atoms with van der Waals surface area (Å²) in [6, 6.07) is 0.0963. The molecule has 3 unspecified atom stereocenters. The number of sulfone groups is 1. The average Bonchev–Trinajstić information content (AvgIpc) is 2.26. The van der Waals surface area contributed by atoms with Crippen molar-refractivity contribution in [2.75, 3.05) is 18.1 Å². The lowest BCUT2D eigenvalue weighted by atomic mass is 10.0. The van der Waals surface area contributed by atoms with E-state index in [1.54, 1.807) is 0 Å². The summed E-state index contributed by atoms with van der Waals surface area (Å²) in [6.45, 7) is 11.1. The van der Waals surface area contributed by atoms with E-state index in [9.17, 15) is 8.42 Å². The van der Waals surface area contributed by atoms with Crippen molar-refractivity contribution in [1.82, 2.24) is 5.32 Å². The lowest BCUT2D eigenvalue weighted by molar-refractivity contribution is 0.397. The Morgan fingerprint density at radius 2 is 1.59 bits per heavy atom. The molecule has 0 fully saturated rings. The van der Waals surface area contributed by atoms with Crippen LogP contribution in [0.4, 0.5) is 0 Å². The van der Waals surface area contributed by atoms with E-state index < -0.39 is 9.84 Å². The summed E-state index contributed by atoms with van der Waals surface area (Å²) in [5.74, 6) is 1.27. The number of hydrogen-bond donors (Lipinski definition) is 1. The Morgan fingerprint density at radius 1 is 1.00 bits per heavy atom. The third-order valence-corrected chi connectivity index (χ3v) is 5.41. The molecule has 3 atom stereocenters. The van der Waals surface area contributed by atoms with Crippen LogP contribution in [0.15, 0.2) is 0 Å². The fourth-order valence-electron chi connectivity index (χ4n) is 1.86. The SMILES string of the molecule is CCNC(CS(=O)(=O)CC(C)CC)C(C)CC. The predicted octanol–water partition coefficient (Wildman–Crippen LogP) is 2.47. The van der Waals surface area contributed by atoms with Crippen molar-refractivity contribution in [2.45, 2.75) is 53.5 Å². The zero-order valence-corrected chi connectivity index (χ0v) is 12.8. The van der Waals surface area contributed by atoms with Crippen molar-refractivity contribution >= 4 is 9.84 Å².